The van der Waals surface area contributed by atoms with E-state index < -0.39 is 0 Å². The van der Waals surface area contributed by atoms with Gasteiger partial charge < -0.3 is 15.0 Å². The predicted octanol–water partition coefficient (Wildman–Crippen LogP) is 1.87. The topological polar surface area (TPSA) is 95.1 Å². The number of nitrogens with one attached hydrogen (secondary N) is 1. The Labute approximate surface area is 124 Å². The highest BCUT2D eigenvalue weighted by Gasteiger charge is 2.14. The van der Waals surface area contributed by atoms with Crippen molar-refractivity contribution < 1.29 is 9.53 Å². The summed E-state index contributed by atoms with van der Waals surface area (Å²) in [7, 11) is 3.36. The highest BCUT2D eigenvalue weighted by atomic mass is 32.1. The van der Waals surface area contributed by atoms with E-state index in [1.807, 2.05) is 0 Å². The minimum atomic E-state index is -0.304. The van der Waals surface area contributed by atoms with Crippen LogP contribution in [-0.2, 0) is 7.05 Å². The van der Waals surface area contributed by atoms with Crippen molar-refractivity contribution in [2.75, 3.05) is 18.2 Å². The van der Waals surface area contributed by atoms with Crippen molar-refractivity contribution >= 4 is 38.3 Å². The lowest BCUT2D eigenvalue weighted by atomic mass is 10.3. The maximum Gasteiger partial charge on any atom is 0.277 e. The van der Waals surface area contributed by atoms with Crippen molar-refractivity contribution in [3.8, 4) is 5.75 Å². The molecule has 8 heteroatoms. The fourth-order valence-electron chi connectivity index (χ4n) is 1.92. The summed E-state index contributed by atoms with van der Waals surface area (Å²) in [5.74, 6) is 0.279. The molecule has 0 atom stereocenters. The van der Waals surface area contributed by atoms with Crippen LogP contribution in [0.4, 0.5) is 10.8 Å². The number of carbonyl (C=O) groups is 1. The molecular weight excluding hydrogens is 290 g/mol. The fraction of sp³-hybridized carbons (Fsp3) is 0.154. The second-order valence-corrected chi connectivity index (χ2v) is 5.50. The Morgan fingerprint density at radius 2 is 2.29 bits per heavy atom. The predicted molar refractivity (Wildman–Crippen MR) is 81.7 cm³/mol. The number of imidazole rings is 1. The van der Waals surface area contributed by atoms with Gasteiger partial charge in [-0.05, 0) is 6.07 Å². The molecule has 0 bridgehead atoms. The van der Waals surface area contributed by atoms with Crippen LogP contribution in [0, 0.1) is 0 Å². The molecule has 1 amide bonds. The van der Waals surface area contributed by atoms with Gasteiger partial charge in [0.05, 0.1) is 18.1 Å². The van der Waals surface area contributed by atoms with Gasteiger partial charge >= 0.3 is 0 Å². The van der Waals surface area contributed by atoms with Crippen LogP contribution in [0.2, 0.25) is 0 Å². The van der Waals surface area contributed by atoms with Crippen molar-refractivity contribution in [2.45, 2.75) is 0 Å². The highest BCUT2D eigenvalue weighted by Crippen LogP contribution is 2.34. The van der Waals surface area contributed by atoms with Crippen molar-refractivity contribution in [3.63, 3.8) is 0 Å². The number of fused-ring (bicyclic) bond motifs is 1. The number of thiazole rings is 1. The quantitative estimate of drug-likeness (QED) is 0.720. The van der Waals surface area contributed by atoms with Crippen LogP contribution in [0.15, 0.2) is 24.7 Å². The standard InChI is InChI=1S/C13H13N5O2S/c1-18-5-8(15-6-18)12(19)17-13-16-11-9(20-2)3-7(14)4-10(11)21-13/h3-6H,14H2,1-2H3,(H,16,17,19). The number of nitrogens with zero attached hydrogens (tertiary/aromatic N) is 3. The van der Waals surface area contributed by atoms with Crippen molar-refractivity contribution in [3.05, 3.63) is 30.4 Å². The zero-order valence-corrected chi connectivity index (χ0v) is 12.3. The number of nitrogen functional groups attached to an aromatic ring is 1. The number of benzene rings is 1. The van der Waals surface area contributed by atoms with E-state index in [0.29, 0.717) is 27.8 Å². The van der Waals surface area contributed by atoms with Gasteiger partial charge in [-0.2, -0.15) is 0 Å². The van der Waals surface area contributed by atoms with Gasteiger partial charge in [0, 0.05) is 25.0 Å². The minimum absolute atomic E-state index is 0.304. The van der Waals surface area contributed by atoms with Gasteiger partial charge in [0.2, 0.25) is 0 Å². The summed E-state index contributed by atoms with van der Waals surface area (Å²) in [5.41, 5.74) is 7.40. The molecule has 0 unspecified atom stereocenters. The van der Waals surface area contributed by atoms with Crippen LogP contribution >= 0.6 is 11.3 Å². The van der Waals surface area contributed by atoms with Crippen LogP contribution in [-0.4, -0.2) is 27.6 Å². The smallest absolute Gasteiger partial charge is 0.277 e. The first kappa shape index (κ1) is 13.4. The van der Waals surface area contributed by atoms with Crippen LogP contribution in [0.25, 0.3) is 10.2 Å². The van der Waals surface area contributed by atoms with E-state index in [4.69, 9.17) is 10.5 Å². The Balaban J connectivity index is 1.93. The van der Waals surface area contributed by atoms with Crippen LogP contribution in [0.5, 0.6) is 5.75 Å². The van der Waals surface area contributed by atoms with Gasteiger partial charge in [-0.25, -0.2) is 9.97 Å². The number of amides is 1. The first-order chi connectivity index (χ1) is 10.1. The third-order valence-corrected chi connectivity index (χ3v) is 3.78. The molecule has 2 heterocycles. The SMILES string of the molecule is COc1cc(N)cc2sc(NC(=O)c3cn(C)cn3)nc12. The average molecular weight is 303 g/mol. The largest absolute Gasteiger partial charge is 0.494 e. The van der Waals surface area contributed by atoms with Gasteiger partial charge in [0.25, 0.3) is 5.91 Å². The summed E-state index contributed by atoms with van der Waals surface area (Å²) < 4.78 is 7.81. The van der Waals surface area contributed by atoms with E-state index in [1.165, 1.54) is 11.3 Å². The highest BCUT2D eigenvalue weighted by molar-refractivity contribution is 7.22. The van der Waals surface area contributed by atoms with Gasteiger partial charge in [-0.3, -0.25) is 10.1 Å². The molecule has 3 aromatic rings. The molecule has 0 aliphatic rings. The number of hydrogen-bond acceptors (Lipinski definition) is 6. The van der Waals surface area contributed by atoms with Gasteiger partial charge in [0.15, 0.2) is 5.13 Å². The molecule has 3 N–H and O–H groups in total. The molecule has 0 fully saturated rings. The Morgan fingerprint density at radius 1 is 1.48 bits per heavy atom. The van der Waals surface area contributed by atoms with E-state index in [1.54, 1.807) is 43.4 Å². The van der Waals surface area contributed by atoms with Crippen LogP contribution in [0.1, 0.15) is 10.5 Å². The third-order valence-electron chi connectivity index (χ3n) is 2.86. The summed E-state index contributed by atoms with van der Waals surface area (Å²) in [6.07, 6.45) is 3.21. The molecule has 108 valence electrons. The lowest BCUT2D eigenvalue weighted by molar-refractivity contribution is 0.102. The molecule has 0 spiro atoms. The number of aromatic nitrogens is 3. The van der Waals surface area contributed by atoms with Gasteiger partial charge in [-0.15, -0.1) is 0 Å². The molecule has 3 rings (SSSR count). The Kier molecular flexibility index (Phi) is 3.22. The fourth-order valence-corrected chi connectivity index (χ4v) is 2.85. The number of anilines is 2. The van der Waals surface area contributed by atoms with Crippen molar-refractivity contribution in [2.24, 2.45) is 7.05 Å². The number of rotatable bonds is 3. The Bertz CT molecular complexity index is 823. The van der Waals surface area contributed by atoms with E-state index in [-0.39, 0.29) is 5.91 Å². The van der Waals surface area contributed by atoms with E-state index in [0.717, 1.165) is 4.70 Å². The zero-order valence-electron chi connectivity index (χ0n) is 11.5. The van der Waals surface area contributed by atoms with Crippen molar-refractivity contribution in [1.82, 2.24) is 14.5 Å². The summed E-state index contributed by atoms with van der Waals surface area (Å²) in [6, 6.07) is 3.50. The second kappa shape index (κ2) is 5.06. The van der Waals surface area contributed by atoms with E-state index in [9.17, 15) is 4.79 Å². The maximum atomic E-state index is 12.0. The van der Waals surface area contributed by atoms with Gasteiger partial charge in [0.1, 0.15) is 17.0 Å². The summed E-state index contributed by atoms with van der Waals surface area (Å²) in [6.45, 7) is 0. The summed E-state index contributed by atoms with van der Waals surface area (Å²) in [5, 5.41) is 3.20. The number of aryl methyl sites for hydroxylation is 1. The molecule has 0 saturated heterocycles. The van der Waals surface area contributed by atoms with Crippen molar-refractivity contribution in [1.29, 1.82) is 0 Å². The zero-order chi connectivity index (χ0) is 15.0. The lowest BCUT2D eigenvalue weighted by Gasteiger charge is -2.01. The normalized spacial score (nSPS) is 10.8. The van der Waals surface area contributed by atoms with E-state index in [2.05, 4.69) is 15.3 Å². The molecular formula is C13H13N5O2S. The van der Waals surface area contributed by atoms with Gasteiger partial charge in [-0.1, -0.05) is 11.3 Å². The lowest BCUT2D eigenvalue weighted by Crippen LogP contribution is -2.11. The summed E-state index contributed by atoms with van der Waals surface area (Å²) >= 11 is 1.33. The average Bonchev–Trinajstić information content (AvgIpc) is 3.03. The number of nitrogens with two attached hydrogens (primary N) is 1. The van der Waals surface area contributed by atoms with E-state index >= 15 is 0 Å². The molecule has 21 heavy (non-hydrogen) atoms. The molecule has 1 aromatic carbocycles. The number of methoxy groups -OCH3 is 1. The Hall–Kier alpha value is -2.61. The minimum Gasteiger partial charge on any atom is -0.494 e. The number of ether oxygens (including phenoxy) is 1. The first-order valence-corrected chi connectivity index (χ1v) is 6.92. The monoisotopic (exact) mass is 303 g/mol. The van der Waals surface area contributed by atoms with Crippen LogP contribution < -0.4 is 15.8 Å². The Morgan fingerprint density at radius 3 is 2.95 bits per heavy atom. The summed E-state index contributed by atoms with van der Waals surface area (Å²) in [4.78, 5) is 20.4. The number of hydrogen-bond donors (Lipinski definition) is 2. The van der Waals surface area contributed by atoms with Crippen LogP contribution in [0.3, 0.4) is 0 Å². The second-order valence-electron chi connectivity index (χ2n) is 4.47. The molecule has 7 nitrogen and oxygen atoms in total. The number of carbonyl (C=O) groups excluding carboxylic acids is 1. The molecule has 0 radical (unpaired) electrons. The molecule has 0 aliphatic carbocycles. The molecule has 0 aliphatic heterocycles. The molecule has 2 aromatic heterocycles. The third kappa shape index (κ3) is 2.52. The molecule has 0 saturated carbocycles. The first-order valence-electron chi connectivity index (χ1n) is 6.10. The maximum absolute atomic E-state index is 12.0.